The molecular formula is C24H20ClF3O4. The topological polar surface area (TPSA) is 55.8 Å². The van der Waals surface area contributed by atoms with Gasteiger partial charge >= 0.3 is 12.1 Å². The first-order chi connectivity index (χ1) is 15.3. The molecule has 0 spiro atoms. The summed E-state index contributed by atoms with van der Waals surface area (Å²) in [6.07, 6.45) is -4.64. The number of rotatable bonds is 7. The zero-order chi connectivity index (χ0) is 23.3. The second-order valence-electron chi connectivity index (χ2n) is 6.75. The largest absolute Gasteiger partial charge is 0.490 e. The van der Waals surface area contributed by atoms with Crippen LogP contribution in [0.3, 0.4) is 0 Å². The molecule has 4 nitrogen and oxygen atoms in total. The molecular weight excluding hydrogens is 445 g/mol. The van der Waals surface area contributed by atoms with Gasteiger partial charge in [0.1, 0.15) is 12.4 Å². The van der Waals surface area contributed by atoms with Crippen LogP contribution >= 0.6 is 11.6 Å². The van der Waals surface area contributed by atoms with Crippen LogP contribution in [-0.4, -0.2) is 30.9 Å². The predicted octanol–water partition coefficient (Wildman–Crippen LogP) is 6.24. The van der Waals surface area contributed by atoms with Gasteiger partial charge in [0.2, 0.25) is 0 Å². The number of benzene rings is 3. The van der Waals surface area contributed by atoms with Crippen molar-refractivity contribution in [3.05, 3.63) is 76.8 Å². The van der Waals surface area contributed by atoms with Gasteiger partial charge in [-0.3, -0.25) is 0 Å². The Kier molecular flexibility index (Phi) is 7.43. The highest BCUT2D eigenvalue weighted by Gasteiger charge is 2.34. The number of aliphatic hydroxyl groups is 1. The van der Waals surface area contributed by atoms with E-state index in [1.165, 1.54) is 30.3 Å². The Labute approximate surface area is 188 Å². The third-order valence-corrected chi connectivity index (χ3v) is 4.83. The van der Waals surface area contributed by atoms with Gasteiger partial charge in [0.05, 0.1) is 24.3 Å². The number of carbonyl (C=O) groups excluding carboxylic acids is 1. The fraction of sp³-hybridized carbons (Fsp3) is 0.208. The molecule has 1 N–H and O–H groups in total. The highest BCUT2D eigenvalue weighted by atomic mass is 35.5. The summed E-state index contributed by atoms with van der Waals surface area (Å²) in [7, 11) is 0. The molecule has 0 aliphatic rings. The lowest BCUT2D eigenvalue weighted by Gasteiger charge is -2.20. The van der Waals surface area contributed by atoms with E-state index in [2.05, 4.69) is 0 Å². The highest BCUT2D eigenvalue weighted by Crippen LogP contribution is 2.45. The van der Waals surface area contributed by atoms with Crippen molar-refractivity contribution in [3.8, 4) is 28.0 Å². The summed E-state index contributed by atoms with van der Waals surface area (Å²) in [6.45, 7) is 1.22. The molecule has 168 valence electrons. The van der Waals surface area contributed by atoms with Gasteiger partial charge in [-0.1, -0.05) is 41.9 Å². The maximum absolute atomic E-state index is 13.8. The summed E-state index contributed by atoms with van der Waals surface area (Å²) in [5.41, 5.74) is -0.0628. The van der Waals surface area contributed by atoms with E-state index < -0.39 is 17.7 Å². The Morgan fingerprint density at radius 3 is 2.38 bits per heavy atom. The summed E-state index contributed by atoms with van der Waals surface area (Å²) in [5.74, 6) is -0.596. The predicted molar refractivity (Wildman–Crippen MR) is 116 cm³/mol. The summed E-state index contributed by atoms with van der Waals surface area (Å²) < 4.78 is 52.2. The Balaban J connectivity index is 2.38. The summed E-state index contributed by atoms with van der Waals surface area (Å²) in [5, 5.41) is 9.69. The summed E-state index contributed by atoms with van der Waals surface area (Å²) >= 11 is 6.12. The van der Waals surface area contributed by atoms with Crippen LogP contribution in [0, 0.1) is 0 Å². The van der Waals surface area contributed by atoms with Crippen molar-refractivity contribution in [1.29, 1.82) is 0 Å². The normalized spacial score (nSPS) is 11.3. The molecule has 32 heavy (non-hydrogen) atoms. The average molecular weight is 465 g/mol. The van der Waals surface area contributed by atoms with Crippen molar-refractivity contribution >= 4 is 17.6 Å². The lowest BCUT2D eigenvalue weighted by molar-refractivity contribution is -0.137. The Hall–Kier alpha value is -3.03. The SMILES string of the molecule is CCOC(=O)c1cc(-c2cccc(Cl)c2)c(OCCO)c(-c2ccccc2C(F)(F)F)c1. The minimum Gasteiger partial charge on any atom is -0.490 e. The van der Waals surface area contributed by atoms with Crippen molar-refractivity contribution in [2.75, 3.05) is 19.8 Å². The maximum Gasteiger partial charge on any atom is 0.417 e. The molecule has 0 aliphatic carbocycles. The number of halogens is 4. The molecule has 0 atom stereocenters. The standard InChI is InChI=1S/C24H20ClF3O4/c1-2-31-23(30)16-13-19(15-6-5-7-17(25)12-15)22(32-11-10-29)20(14-16)18-8-3-4-9-21(18)24(26,27)28/h3-9,12-14,29H,2,10-11H2,1H3. The number of hydrogen-bond acceptors (Lipinski definition) is 4. The molecule has 0 amide bonds. The average Bonchev–Trinajstić information content (AvgIpc) is 2.76. The molecule has 0 saturated carbocycles. The van der Waals surface area contributed by atoms with Crippen LogP contribution in [0.5, 0.6) is 5.75 Å². The van der Waals surface area contributed by atoms with E-state index in [1.54, 1.807) is 31.2 Å². The van der Waals surface area contributed by atoms with E-state index in [9.17, 15) is 23.1 Å². The minimum atomic E-state index is -4.64. The van der Waals surface area contributed by atoms with Gasteiger partial charge in [-0.05, 0) is 48.4 Å². The summed E-state index contributed by atoms with van der Waals surface area (Å²) in [6, 6.07) is 14.4. The first-order valence-corrected chi connectivity index (χ1v) is 10.2. The van der Waals surface area contributed by atoms with Gasteiger partial charge in [-0.2, -0.15) is 13.2 Å². The van der Waals surface area contributed by atoms with Gasteiger partial charge in [0.25, 0.3) is 0 Å². The highest BCUT2D eigenvalue weighted by molar-refractivity contribution is 6.30. The molecule has 0 bridgehead atoms. The van der Waals surface area contributed by atoms with Gasteiger partial charge in [-0.15, -0.1) is 0 Å². The Bertz CT molecular complexity index is 1110. The monoisotopic (exact) mass is 464 g/mol. The van der Waals surface area contributed by atoms with Crippen LogP contribution in [0.1, 0.15) is 22.8 Å². The molecule has 0 fully saturated rings. The van der Waals surface area contributed by atoms with E-state index >= 15 is 0 Å². The summed E-state index contributed by atoms with van der Waals surface area (Å²) in [4.78, 5) is 12.5. The second kappa shape index (κ2) is 10.1. The van der Waals surface area contributed by atoms with E-state index in [1.807, 2.05) is 0 Å². The zero-order valence-corrected chi connectivity index (χ0v) is 17.8. The zero-order valence-electron chi connectivity index (χ0n) is 17.1. The molecule has 3 aromatic carbocycles. The third kappa shape index (κ3) is 5.23. The van der Waals surface area contributed by atoms with E-state index in [0.717, 1.165) is 6.07 Å². The van der Waals surface area contributed by atoms with Gasteiger partial charge in [0.15, 0.2) is 0 Å². The van der Waals surface area contributed by atoms with Crippen molar-refractivity contribution < 1.29 is 32.5 Å². The number of aliphatic hydroxyl groups excluding tert-OH is 1. The van der Waals surface area contributed by atoms with Crippen molar-refractivity contribution in [2.24, 2.45) is 0 Å². The first-order valence-electron chi connectivity index (χ1n) is 9.77. The van der Waals surface area contributed by atoms with Crippen LogP contribution in [-0.2, 0) is 10.9 Å². The quantitative estimate of drug-likeness (QED) is 0.420. The number of esters is 1. The fourth-order valence-electron chi connectivity index (χ4n) is 3.30. The molecule has 0 saturated heterocycles. The van der Waals surface area contributed by atoms with E-state index in [4.69, 9.17) is 21.1 Å². The third-order valence-electron chi connectivity index (χ3n) is 4.60. The second-order valence-corrected chi connectivity index (χ2v) is 7.18. The smallest absolute Gasteiger partial charge is 0.417 e. The lowest BCUT2D eigenvalue weighted by Crippen LogP contribution is -2.11. The molecule has 8 heteroatoms. The van der Waals surface area contributed by atoms with E-state index in [-0.39, 0.29) is 42.3 Å². The number of hydrogen-bond donors (Lipinski definition) is 1. The number of carbonyl (C=O) groups is 1. The Morgan fingerprint density at radius 2 is 1.72 bits per heavy atom. The molecule has 0 unspecified atom stereocenters. The van der Waals surface area contributed by atoms with Crippen LogP contribution < -0.4 is 4.74 Å². The lowest BCUT2D eigenvalue weighted by atomic mass is 9.92. The minimum absolute atomic E-state index is 0.0481. The molecule has 0 heterocycles. The van der Waals surface area contributed by atoms with Crippen LogP contribution in [0.25, 0.3) is 22.3 Å². The van der Waals surface area contributed by atoms with Crippen LogP contribution in [0.2, 0.25) is 5.02 Å². The van der Waals surface area contributed by atoms with Crippen LogP contribution in [0.15, 0.2) is 60.7 Å². The molecule has 3 rings (SSSR count). The van der Waals surface area contributed by atoms with Gasteiger partial charge < -0.3 is 14.6 Å². The number of ether oxygens (including phenoxy) is 2. The van der Waals surface area contributed by atoms with Crippen molar-refractivity contribution in [2.45, 2.75) is 13.1 Å². The Morgan fingerprint density at radius 1 is 1.00 bits per heavy atom. The maximum atomic E-state index is 13.8. The van der Waals surface area contributed by atoms with Gasteiger partial charge in [-0.25, -0.2) is 4.79 Å². The number of alkyl halides is 3. The first kappa shape index (κ1) is 23.6. The molecule has 0 aromatic heterocycles. The van der Waals surface area contributed by atoms with Gasteiger partial charge in [0, 0.05) is 16.1 Å². The molecule has 0 aliphatic heterocycles. The van der Waals surface area contributed by atoms with Crippen molar-refractivity contribution in [1.82, 2.24) is 0 Å². The molecule has 0 radical (unpaired) electrons. The van der Waals surface area contributed by atoms with Crippen molar-refractivity contribution in [3.63, 3.8) is 0 Å². The fourth-order valence-corrected chi connectivity index (χ4v) is 3.49. The van der Waals surface area contributed by atoms with Crippen LogP contribution in [0.4, 0.5) is 13.2 Å². The molecule has 3 aromatic rings. The van der Waals surface area contributed by atoms with E-state index in [0.29, 0.717) is 16.1 Å².